The first-order valence-corrected chi connectivity index (χ1v) is 10.5. The van der Waals surface area contributed by atoms with Crippen LogP contribution in [-0.4, -0.2) is 61.1 Å². The van der Waals surface area contributed by atoms with Crippen LogP contribution in [0.25, 0.3) is 0 Å². The van der Waals surface area contributed by atoms with Gasteiger partial charge in [0.2, 0.25) is 0 Å². The molecule has 1 aliphatic heterocycles. The van der Waals surface area contributed by atoms with Gasteiger partial charge in [-0.1, -0.05) is 0 Å². The number of amides is 2. The normalized spacial score (nSPS) is 14.7. The summed E-state index contributed by atoms with van der Waals surface area (Å²) in [5.41, 5.74) is -3.38. The summed E-state index contributed by atoms with van der Waals surface area (Å²) >= 11 is 0. The van der Waals surface area contributed by atoms with Crippen LogP contribution < -0.4 is 0 Å². The van der Waals surface area contributed by atoms with Gasteiger partial charge in [-0.05, 0) is 48.0 Å². The molecule has 0 bridgehead atoms. The van der Waals surface area contributed by atoms with Crippen LogP contribution in [0.4, 0.5) is 0 Å². The van der Waals surface area contributed by atoms with E-state index in [0.717, 1.165) is 0 Å². The monoisotopic (exact) mass is 471 g/mol. The number of ether oxygens (including phenoxy) is 3. The molecule has 1 heterocycles. The lowest BCUT2D eigenvalue weighted by Crippen LogP contribution is -2.41. The van der Waals surface area contributed by atoms with Gasteiger partial charge < -0.3 is 19.0 Å². The first-order chi connectivity index (χ1) is 15.0. The van der Waals surface area contributed by atoms with E-state index in [1.54, 1.807) is 27.7 Å². The first kappa shape index (κ1) is 28.1. The van der Waals surface area contributed by atoms with Crippen LogP contribution in [0.5, 0.6) is 0 Å². The number of carbonyl (C=O) groups is 6. The molecule has 0 aromatic rings. The van der Waals surface area contributed by atoms with Crippen LogP contribution in [-0.2, 0) is 47.8 Å². The summed E-state index contributed by atoms with van der Waals surface area (Å²) in [6, 6.07) is 0. The van der Waals surface area contributed by atoms with Crippen molar-refractivity contribution in [2.45, 2.75) is 67.2 Å². The van der Waals surface area contributed by atoms with E-state index in [4.69, 9.17) is 14.3 Å². The molecule has 11 heteroatoms. The maximum atomic E-state index is 12.5. The Morgan fingerprint density at radius 1 is 0.758 bits per heavy atom. The number of nitrogens with zero attached hydrogens (tertiary/aromatic N) is 1. The third-order valence-corrected chi connectivity index (χ3v) is 5.07. The minimum Gasteiger partial charge on any atom is -0.469 e. The zero-order valence-corrected chi connectivity index (χ0v) is 20.3. The lowest BCUT2D eigenvalue weighted by atomic mass is 9.75. The predicted molar refractivity (Wildman–Crippen MR) is 112 cm³/mol. The molecular formula is C22H33NO10. The van der Waals surface area contributed by atoms with E-state index in [1.165, 1.54) is 21.0 Å². The summed E-state index contributed by atoms with van der Waals surface area (Å²) in [5, 5.41) is 0.464. The van der Waals surface area contributed by atoms with Gasteiger partial charge in [0, 0.05) is 12.8 Å². The van der Waals surface area contributed by atoms with Gasteiger partial charge in [-0.25, -0.2) is 4.79 Å². The van der Waals surface area contributed by atoms with Gasteiger partial charge in [0.25, 0.3) is 11.8 Å². The van der Waals surface area contributed by atoms with Gasteiger partial charge in [-0.15, -0.1) is 5.06 Å². The highest BCUT2D eigenvalue weighted by atomic mass is 16.7. The quantitative estimate of drug-likeness (QED) is 0.189. The van der Waals surface area contributed by atoms with Gasteiger partial charge in [-0.3, -0.25) is 24.0 Å². The molecular weight excluding hydrogens is 438 g/mol. The largest absolute Gasteiger partial charge is 0.469 e. The molecule has 0 atom stereocenters. The Balaban J connectivity index is 2.53. The zero-order chi connectivity index (χ0) is 25.6. The molecule has 0 aliphatic carbocycles. The second-order valence-corrected chi connectivity index (χ2v) is 9.81. The molecule has 0 aromatic carbocycles. The first-order valence-electron chi connectivity index (χ1n) is 10.5. The summed E-state index contributed by atoms with van der Waals surface area (Å²) in [6.45, 7) is 8.87. The van der Waals surface area contributed by atoms with E-state index in [2.05, 4.69) is 4.74 Å². The van der Waals surface area contributed by atoms with Gasteiger partial charge in [-0.2, -0.15) is 0 Å². The molecule has 0 N–H and O–H groups in total. The number of hydroxylamine groups is 2. The molecule has 33 heavy (non-hydrogen) atoms. The maximum absolute atomic E-state index is 12.5. The second-order valence-electron chi connectivity index (χ2n) is 9.81. The number of imide groups is 1. The number of rotatable bonds is 11. The van der Waals surface area contributed by atoms with E-state index in [9.17, 15) is 28.8 Å². The van der Waals surface area contributed by atoms with Crippen molar-refractivity contribution >= 4 is 35.7 Å². The predicted octanol–water partition coefficient (Wildman–Crippen LogP) is 1.71. The van der Waals surface area contributed by atoms with Gasteiger partial charge in [0.05, 0.1) is 29.8 Å². The molecule has 186 valence electrons. The zero-order valence-electron chi connectivity index (χ0n) is 20.3. The second kappa shape index (κ2) is 10.8. The summed E-state index contributed by atoms with van der Waals surface area (Å²) in [7, 11) is 1.23. The van der Waals surface area contributed by atoms with Crippen LogP contribution in [0.3, 0.4) is 0 Å². The van der Waals surface area contributed by atoms with Gasteiger partial charge >= 0.3 is 23.9 Å². The van der Waals surface area contributed by atoms with Crippen LogP contribution >= 0.6 is 0 Å². The number of esters is 3. The fraction of sp³-hybridized carbons (Fsp3) is 0.727. The summed E-state index contributed by atoms with van der Waals surface area (Å²) < 4.78 is 14.8. The standard InChI is InChI=1S/C22H33NO10/c1-20(2,17(27)30-7)12-16(26)31-10-11-32-18(28)21(3,4)13-22(5,6)19(29)33-23-14(24)8-9-15(23)25/h8-13H2,1-7H3. The van der Waals surface area contributed by atoms with Crippen LogP contribution in [0.1, 0.15) is 67.2 Å². The van der Waals surface area contributed by atoms with E-state index in [1.807, 2.05) is 0 Å². The van der Waals surface area contributed by atoms with E-state index in [0.29, 0.717) is 5.06 Å². The van der Waals surface area contributed by atoms with Crippen molar-refractivity contribution in [3.8, 4) is 0 Å². The number of hydrogen-bond acceptors (Lipinski definition) is 10. The van der Waals surface area contributed by atoms with Crippen molar-refractivity contribution in [3.63, 3.8) is 0 Å². The topological polar surface area (TPSA) is 143 Å². The smallest absolute Gasteiger partial charge is 0.338 e. The van der Waals surface area contributed by atoms with Crippen molar-refractivity contribution in [2.75, 3.05) is 20.3 Å². The van der Waals surface area contributed by atoms with E-state index >= 15 is 0 Å². The SMILES string of the molecule is COC(=O)C(C)(C)CC(=O)OCCOC(=O)C(C)(C)CC(C)(C)C(=O)ON1C(=O)CCC1=O. The minimum absolute atomic E-state index is 0.000986. The van der Waals surface area contributed by atoms with Crippen LogP contribution in [0.2, 0.25) is 0 Å². The lowest BCUT2D eigenvalue weighted by molar-refractivity contribution is -0.205. The summed E-state index contributed by atoms with van der Waals surface area (Å²) in [5.74, 6) is -3.83. The highest BCUT2D eigenvalue weighted by Crippen LogP contribution is 2.36. The Kier molecular flexibility index (Phi) is 9.15. The third-order valence-electron chi connectivity index (χ3n) is 5.07. The Labute approximate surface area is 193 Å². The van der Waals surface area contributed by atoms with E-state index in [-0.39, 0.29) is 38.9 Å². The van der Waals surface area contributed by atoms with Crippen molar-refractivity contribution in [1.82, 2.24) is 5.06 Å². The molecule has 2 amide bonds. The fourth-order valence-electron chi connectivity index (χ4n) is 3.36. The molecule has 0 spiro atoms. The Bertz CT molecular complexity index is 796. The van der Waals surface area contributed by atoms with Crippen molar-refractivity contribution < 1.29 is 47.8 Å². The maximum Gasteiger partial charge on any atom is 0.338 e. The minimum atomic E-state index is -1.21. The number of methoxy groups -OCH3 is 1. The highest BCUT2D eigenvalue weighted by molar-refractivity contribution is 6.01. The number of hydrogen-bond donors (Lipinski definition) is 0. The molecule has 11 nitrogen and oxygen atoms in total. The molecule has 1 aliphatic rings. The number of carbonyl (C=O) groups excluding carboxylic acids is 6. The average Bonchev–Trinajstić information content (AvgIpc) is 3.01. The molecule has 0 aromatic heterocycles. The average molecular weight is 472 g/mol. The van der Waals surface area contributed by atoms with Crippen LogP contribution in [0.15, 0.2) is 0 Å². The Morgan fingerprint density at radius 2 is 1.24 bits per heavy atom. The Morgan fingerprint density at radius 3 is 1.76 bits per heavy atom. The summed E-state index contributed by atoms with van der Waals surface area (Å²) in [6.07, 6.45) is -0.233. The van der Waals surface area contributed by atoms with Crippen molar-refractivity contribution in [2.24, 2.45) is 16.2 Å². The van der Waals surface area contributed by atoms with Crippen molar-refractivity contribution in [1.29, 1.82) is 0 Å². The van der Waals surface area contributed by atoms with Crippen molar-refractivity contribution in [3.05, 3.63) is 0 Å². The van der Waals surface area contributed by atoms with Gasteiger partial charge in [0.1, 0.15) is 13.2 Å². The molecule has 0 radical (unpaired) electrons. The third kappa shape index (κ3) is 7.83. The lowest BCUT2D eigenvalue weighted by Gasteiger charge is -2.32. The molecule has 0 saturated carbocycles. The van der Waals surface area contributed by atoms with Crippen LogP contribution in [0, 0.1) is 16.2 Å². The molecule has 1 saturated heterocycles. The van der Waals surface area contributed by atoms with E-state index < -0.39 is 51.9 Å². The highest BCUT2D eigenvalue weighted by Gasteiger charge is 2.43. The van der Waals surface area contributed by atoms with Gasteiger partial charge in [0.15, 0.2) is 0 Å². The molecule has 1 rings (SSSR count). The molecule has 1 fully saturated rings. The Hall–Kier alpha value is -2.98. The molecule has 0 unspecified atom stereocenters. The fourth-order valence-corrected chi connectivity index (χ4v) is 3.36. The summed E-state index contributed by atoms with van der Waals surface area (Å²) in [4.78, 5) is 76.8.